The zero-order chi connectivity index (χ0) is 26.4. The maximum Gasteiger partial charge on any atom is 0.235 e. The summed E-state index contributed by atoms with van der Waals surface area (Å²) in [5.74, 6) is 0.753. The maximum atomic E-state index is 16.2. The second-order valence-corrected chi connectivity index (χ2v) is 12.3. The Balaban J connectivity index is 2.57. The summed E-state index contributed by atoms with van der Waals surface area (Å²) in [6.07, 6.45) is 0.839. The van der Waals surface area contributed by atoms with E-state index in [1.54, 1.807) is 14.2 Å². The molecule has 0 bridgehead atoms. The van der Waals surface area contributed by atoms with Gasteiger partial charge in [-0.25, -0.2) is 4.67 Å². The molecule has 1 N–H and O–H groups in total. The second kappa shape index (κ2) is 11.7. The SMILES string of the molecule is CCCNP(=O)(N(C(C)C)C(C)(C)OC)C(c1ccccc1)(c1ccccc1)c1ccc(OC)cc1. The van der Waals surface area contributed by atoms with Gasteiger partial charge in [-0.15, -0.1) is 0 Å². The molecular weight excluding hydrogens is 467 g/mol. The molecule has 0 aliphatic heterocycles. The van der Waals surface area contributed by atoms with Crippen molar-refractivity contribution in [2.24, 2.45) is 0 Å². The first kappa shape index (κ1) is 28.1. The fraction of sp³-hybridized carbons (Fsp3) is 0.400. The van der Waals surface area contributed by atoms with Gasteiger partial charge in [0.15, 0.2) is 0 Å². The molecule has 0 amide bonds. The first-order valence-electron chi connectivity index (χ1n) is 12.6. The maximum absolute atomic E-state index is 16.2. The number of nitrogens with zero attached hydrogens (tertiary/aromatic N) is 1. The molecule has 194 valence electrons. The van der Waals surface area contributed by atoms with E-state index in [2.05, 4.69) is 54.8 Å². The molecule has 0 aliphatic rings. The second-order valence-electron chi connectivity index (χ2n) is 9.74. The summed E-state index contributed by atoms with van der Waals surface area (Å²) in [7, 11) is -0.214. The molecule has 36 heavy (non-hydrogen) atoms. The molecule has 0 fully saturated rings. The molecule has 0 saturated carbocycles. The van der Waals surface area contributed by atoms with Crippen molar-refractivity contribution >= 4 is 7.44 Å². The number of benzene rings is 3. The molecule has 0 heterocycles. The van der Waals surface area contributed by atoms with Crippen molar-refractivity contribution < 1.29 is 14.0 Å². The van der Waals surface area contributed by atoms with Crippen molar-refractivity contribution in [2.45, 2.75) is 58.0 Å². The number of hydrogen-bond donors (Lipinski definition) is 1. The van der Waals surface area contributed by atoms with Gasteiger partial charge in [-0.2, -0.15) is 0 Å². The van der Waals surface area contributed by atoms with Crippen LogP contribution in [0, 0.1) is 0 Å². The highest BCUT2D eigenvalue weighted by atomic mass is 31.2. The Hall–Kier alpha value is -2.43. The first-order valence-corrected chi connectivity index (χ1v) is 14.3. The van der Waals surface area contributed by atoms with E-state index < -0.39 is 18.3 Å². The highest BCUT2D eigenvalue weighted by Gasteiger charge is 2.59. The van der Waals surface area contributed by atoms with Crippen molar-refractivity contribution in [1.82, 2.24) is 9.76 Å². The summed E-state index contributed by atoms with van der Waals surface area (Å²) in [5, 5.41) is 2.57. The fourth-order valence-electron chi connectivity index (χ4n) is 5.22. The summed E-state index contributed by atoms with van der Waals surface area (Å²) in [6.45, 7) is 10.8. The van der Waals surface area contributed by atoms with Crippen molar-refractivity contribution in [2.75, 3.05) is 20.8 Å². The summed E-state index contributed by atoms with van der Waals surface area (Å²) in [6, 6.07) is 28.3. The molecule has 0 aliphatic carbocycles. The molecule has 5 nitrogen and oxygen atoms in total. The van der Waals surface area contributed by atoms with E-state index in [-0.39, 0.29) is 6.04 Å². The van der Waals surface area contributed by atoms with Crippen molar-refractivity contribution in [3.05, 3.63) is 102 Å². The van der Waals surface area contributed by atoms with Gasteiger partial charge >= 0.3 is 0 Å². The molecule has 0 saturated heterocycles. The highest BCUT2D eigenvalue weighted by molar-refractivity contribution is 7.61. The number of nitrogens with one attached hydrogen (secondary N) is 1. The Morgan fingerprint density at radius 1 is 0.833 bits per heavy atom. The van der Waals surface area contributed by atoms with E-state index in [0.717, 1.165) is 28.9 Å². The van der Waals surface area contributed by atoms with Crippen molar-refractivity contribution in [1.29, 1.82) is 0 Å². The third kappa shape index (κ3) is 5.03. The minimum Gasteiger partial charge on any atom is -0.497 e. The normalized spacial score (nSPS) is 14.1. The van der Waals surface area contributed by atoms with Crippen molar-refractivity contribution in [3.8, 4) is 5.75 Å². The quantitative estimate of drug-likeness (QED) is 0.158. The number of methoxy groups -OCH3 is 2. The Morgan fingerprint density at radius 2 is 1.31 bits per heavy atom. The monoisotopic (exact) mass is 508 g/mol. The summed E-state index contributed by atoms with van der Waals surface area (Å²) >= 11 is 0. The van der Waals surface area contributed by atoms with E-state index in [9.17, 15) is 0 Å². The Bertz CT molecular complexity index is 1090. The largest absolute Gasteiger partial charge is 0.497 e. The molecule has 6 heteroatoms. The van der Waals surface area contributed by atoms with Crippen LogP contribution in [-0.2, 0) is 14.5 Å². The van der Waals surface area contributed by atoms with Gasteiger partial charge in [-0.05, 0) is 62.9 Å². The van der Waals surface area contributed by atoms with Gasteiger partial charge in [0.2, 0.25) is 7.44 Å². The molecule has 0 spiro atoms. The third-order valence-corrected chi connectivity index (χ3v) is 10.7. The highest BCUT2D eigenvalue weighted by Crippen LogP contribution is 2.70. The smallest absolute Gasteiger partial charge is 0.235 e. The van der Waals surface area contributed by atoms with Crippen LogP contribution in [0.15, 0.2) is 84.9 Å². The summed E-state index contributed by atoms with van der Waals surface area (Å²) in [4.78, 5) is 0. The van der Waals surface area contributed by atoms with E-state index in [1.165, 1.54) is 0 Å². The van der Waals surface area contributed by atoms with Gasteiger partial charge in [-0.3, -0.25) is 9.65 Å². The van der Waals surface area contributed by atoms with Crippen LogP contribution in [0.2, 0.25) is 0 Å². The lowest BCUT2D eigenvalue weighted by atomic mass is 9.84. The molecule has 3 rings (SSSR count). The number of rotatable bonds is 12. The van der Waals surface area contributed by atoms with Crippen LogP contribution < -0.4 is 9.82 Å². The van der Waals surface area contributed by atoms with E-state index in [0.29, 0.717) is 6.54 Å². The third-order valence-electron chi connectivity index (χ3n) is 6.77. The average Bonchev–Trinajstić information content (AvgIpc) is 2.89. The number of ether oxygens (including phenoxy) is 2. The zero-order valence-electron chi connectivity index (χ0n) is 22.7. The van der Waals surface area contributed by atoms with E-state index >= 15 is 4.57 Å². The lowest BCUT2D eigenvalue weighted by Crippen LogP contribution is -2.54. The molecule has 3 aromatic rings. The summed E-state index contributed by atoms with van der Waals surface area (Å²) in [5.41, 5.74) is 2.01. The predicted octanol–water partition coefficient (Wildman–Crippen LogP) is 7.27. The minimum atomic E-state index is -3.55. The molecule has 3 aromatic carbocycles. The van der Waals surface area contributed by atoms with Crippen LogP contribution in [0.3, 0.4) is 0 Å². The molecule has 1 atom stereocenters. The number of hydrogen-bond acceptors (Lipinski definition) is 3. The van der Waals surface area contributed by atoms with Crippen LogP contribution >= 0.6 is 7.44 Å². The van der Waals surface area contributed by atoms with Gasteiger partial charge in [-0.1, -0.05) is 79.7 Å². The van der Waals surface area contributed by atoms with Crippen molar-refractivity contribution in [3.63, 3.8) is 0 Å². The van der Waals surface area contributed by atoms with Crippen LogP contribution in [0.5, 0.6) is 5.75 Å². The Kier molecular flexibility index (Phi) is 9.18. The molecule has 0 aromatic heterocycles. The first-order chi connectivity index (χ1) is 17.2. The molecular formula is C30H41N2O3P. The fourth-order valence-corrected chi connectivity index (χ4v) is 9.36. The zero-order valence-corrected chi connectivity index (χ0v) is 23.6. The lowest BCUT2D eigenvalue weighted by Gasteiger charge is -2.53. The average molecular weight is 509 g/mol. The molecule has 1 unspecified atom stereocenters. The topological polar surface area (TPSA) is 50.8 Å². The van der Waals surface area contributed by atoms with Gasteiger partial charge in [0.1, 0.15) is 16.6 Å². The van der Waals surface area contributed by atoms with Gasteiger partial charge < -0.3 is 9.47 Å². The summed E-state index contributed by atoms with van der Waals surface area (Å²) < 4.78 is 29.8. The van der Waals surface area contributed by atoms with E-state index in [1.807, 2.05) is 74.5 Å². The van der Waals surface area contributed by atoms with Gasteiger partial charge in [0.25, 0.3) is 0 Å². The molecule has 0 radical (unpaired) electrons. The van der Waals surface area contributed by atoms with Crippen LogP contribution in [0.1, 0.15) is 57.7 Å². The Morgan fingerprint density at radius 3 is 1.69 bits per heavy atom. The Labute approximate surface area is 217 Å². The predicted molar refractivity (Wildman–Crippen MR) is 150 cm³/mol. The van der Waals surface area contributed by atoms with Crippen LogP contribution in [-0.4, -0.2) is 37.2 Å². The van der Waals surface area contributed by atoms with E-state index in [4.69, 9.17) is 9.47 Å². The van der Waals surface area contributed by atoms with Gasteiger partial charge in [0.05, 0.1) is 7.11 Å². The van der Waals surface area contributed by atoms with Gasteiger partial charge in [0, 0.05) is 19.7 Å². The lowest BCUT2D eigenvalue weighted by molar-refractivity contribution is -0.0794. The standard InChI is InChI=1S/C30H41N2O3P/c1-8-23-31-36(33,32(24(2)3)29(4,5)35-7)30(25-15-11-9-12-16-25,26-17-13-10-14-18-26)27-19-21-28(34-6)22-20-27/h9-22,24H,8,23H2,1-7H3,(H,31,33). The minimum absolute atomic E-state index is 0.0832. The van der Waals surface area contributed by atoms with Crippen LogP contribution in [0.25, 0.3) is 0 Å². The van der Waals surface area contributed by atoms with Crippen LogP contribution in [0.4, 0.5) is 0 Å².